The van der Waals surface area contributed by atoms with Crippen molar-refractivity contribution in [3.8, 4) is 0 Å². The molecular weight excluding hydrogens is 650 g/mol. The summed E-state index contributed by atoms with van der Waals surface area (Å²) in [5.41, 5.74) is -3.00. The highest BCUT2D eigenvalue weighted by Crippen LogP contribution is 2.47. The number of aliphatic hydroxyl groups is 4. The normalized spacial score (nSPS) is 49.5. The fourth-order valence-corrected chi connectivity index (χ4v) is 8.73. The molecule has 0 radical (unpaired) electrons. The molecule has 3 fully saturated rings. The van der Waals surface area contributed by atoms with Crippen molar-refractivity contribution >= 4 is 5.97 Å². The van der Waals surface area contributed by atoms with E-state index in [4.69, 9.17) is 33.2 Å². The minimum absolute atomic E-state index is 0.173. The number of methoxy groups -OCH3 is 1. The SMILES string of the molecule is CC[C@H]1OC(=O)[C@H](C)[C@@H](OC2C[C@@](C)(OC)[C@@H](O)[C@H](C)O2)[C@H](C)[C@@H](OC2O[C@H](C)C[C@H](N(C)C)[C@H]2O)C2(C)CC(C)=C(O2)[C@H](C)[C@@H](O)[C@]1(C)O. The van der Waals surface area contributed by atoms with Crippen LogP contribution in [0.2, 0.25) is 0 Å². The molecule has 4 aliphatic rings. The van der Waals surface area contributed by atoms with E-state index in [-0.39, 0.29) is 25.0 Å². The average Bonchev–Trinajstić information content (AvgIpc) is 3.37. The molecule has 290 valence electrons. The van der Waals surface area contributed by atoms with Crippen molar-refractivity contribution in [3.63, 3.8) is 0 Å². The standard InChI is InChI=1S/C37H65NO12/c1-14-25-37(10,43)30(40)20(4)28-18(2)16-36(9,50-28)32(49-34-27(39)24(38(11)12)15-19(3)45-34)21(5)29(22(6)33(42)47-25)48-26-17-35(8,44-13)31(41)23(7)46-26/h19-27,29-32,34,39-41,43H,14-17H2,1-13H3/t19-,20+,21+,22-,23+,24+,25-,26?,27-,29+,30-,31+,32-,34?,35-,36?,37-/m1/s1. The molecule has 0 amide bonds. The van der Waals surface area contributed by atoms with Crippen LogP contribution in [0.25, 0.3) is 0 Å². The Hall–Kier alpha value is -1.39. The summed E-state index contributed by atoms with van der Waals surface area (Å²) in [6.45, 7) is 18.0. The van der Waals surface area contributed by atoms with E-state index in [1.54, 1.807) is 34.6 Å². The number of likely N-dealkylation sites (N-methyl/N-ethyl adjacent to an activating group) is 1. The molecule has 0 spiro atoms. The number of carbonyl (C=O) groups is 1. The van der Waals surface area contributed by atoms with Gasteiger partial charge in [-0.25, -0.2) is 0 Å². The molecule has 3 unspecified atom stereocenters. The highest BCUT2D eigenvalue weighted by Gasteiger charge is 2.56. The number of esters is 1. The Morgan fingerprint density at radius 2 is 1.60 bits per heavy atom. The Balaban J connectivity index is 1.84. The van der Waals surface area contributed by atoms with E-state index >= 15 is 0 Å². The summed E-state index contributed by atoms with van der Waals surface area (Å²) in [7, 11) is 5.34. The number of hydrogen-bond donors (Lipinski definition) is 4. The first-order valence-electron chi connectivity index (χ1n) is 18.3. The van der Waals surface area contributed by atoms with Crippen LogP contribution >= 0.6 is 0 Å². The number of rotatable bonds is 7. The van der Waals surface area contributed by atoms with Crippen LogP contribution in [-0.2, 0) is 38.0 Å². The van der Waals surface area contributed by atoms with E-state index in [2.05, 4.69) is 0 Å². The number of fused-ring (bicyclic) bond motifs is 2. The molecule has 0 aliphatic carbocycles. The molecule has 0 aromatic heterocycles. The van der Waals surface area contributed by atoms with Gasteiger partial charge in [-0.3, -0.25) is 4.79 Å². The van der Waals surface area contributed by atoms with Gasteiger partial charge < -0.3 is 58.5 Å². The van der Waals surface area contributed by atoms with Crippen LogP contribution in [0.15, 0.2) is 11.3 Å². The zero-order chi connectivity index (χ0) is 37.7. The van der Waals surface area contributed by atoms with Crippen LogP contribution in [0.3, 0.4) is 0 Å². The van der Waals surface area contributed by atoms with Crippen molar-refractivity contribution in [2.24, 2.45) is 17.8 Å². The van der Waals surface area contributed by atoms with Crippen molar-refractivity contribution in [3.05, 3.63) is 11.3 Å². The fraction of sp³-hybridized carbons (Fsp3) is 0.919. The third kappa shape index (κ3) is 7.93. The van der Waals surface area contributed by atoms with Gasteiger partial charge in [-0.05, 0) is 81.0 Å². The van der Waals surface area contributed by atoms with Gasteiger partial charge >= 0.3 is 5.97 Å². The van der Waals surface area contributed by atoms with Gasteiger partial charge in [0, 0.05) is 37.8 Å². The van der Waals surface area contributed by atoms with Crippen LogP contribution < -0.4 is 0 Å². The maximum Gasteiger partial charge on any atom is 0.311 e. The van der Waals surface area contributed by atoms with Crippen molar-refractivity contribution in [2.45, 2.75) is 179 Å². The summed E-state index contributed by atoms with van der Waals surface area (Å²) >= 11 is 0. The van der Waals surface area contributed by atoms with Crippen LogP contribution in [0.5, 0.6) is 0 Å². The molecule has 0 aromatic rings. The van der Waals surface area contributed by atoms with E-state index < -0.39 is 95.8 Å². The van der Waals surface area contributed by atoms with E-state index in [1.165, 1.54) is 14.0 Å². The van der Waals surface area contributed by atoms with Gasteiger partial charge in [0.25, 0.3) is 0 Å². The summed E-state index contributed by atoms with van der Waals surface area (Å²) in [6.07, 6.45) is -7.39. The molecule has 4 rings (SSSR count). The molecule has 4 N–H and O–H groups in total. The zero-order valence-electron chi connectivity index (χ0n) is 32.4. The first-order chi connectivity index (χ1) is 23.1. The number of ether oxygens (including phenoxy) is 7. The summed E-state index contributed by atoms with van der Waals surface area (Å²) in [4.78, 5) is 16.1. The Bertz CT molecular complexity index is 1210. The second-order valence-corrected chi connectivity index (χ2v) is 16.3. The predicted octanol–water partition coefficient (Wildman–Crippen LogP) is 2.89. The number of carbonyl (C=O) groups excluding carboxylic acids is 1. The lowest BCUT2D eigenvalue weighted by molar-refractivity contribution is -0.316. The quantitative estimate of drug-likeness (QED) is 0.285. The van der Waals surface area contributed by atoms with Crippen LogP contribution in [0.1, 0.15) is 94.9 Å². The van der Waals surface area contributed by atoms with E-state index in [0.717, 1.165) is 5.57 Å². The first kappa shape index (κ1) is 41.4. The second-order valence-electron chi connectivity index (χ2n) is 16.3. The van der Waals surface area contributed by atoms with Gasteiger partial charge in [-0.1, -0.05) is 20.8 Å². The number of aliphatic hydroxyl groups excluding tert-OH is 3. The highest BCUT2D eigenvalue weighted by molar-refractivity contribution is 5.73. The van der Waals surface area contributed by atoms with Gasteiger partial charge in [-0.15, -0.1) is 0 Å². The fourth-order valence-electron chi connectivity index (χ4n) is 8.73. The van der Waals surface area contributed by atoms with Gasteiger partial charge in [0.15, 0.2) is 12.6 Å². The topological polar surface area (TPSA) is 166 Å². The first-order valence-corrected chi connectivity index (χ1v) is 18.3. The maximum absolute atomic E-state index is 14.1. The molecular formula is C37H65NO12. The molecule has 2 bridgehead atoms. The molecule has 0 aromatic carbocycles. The van der Waals surface area contributed by atoms with Gasteiger partial charge in [-0.2, -0.15) is 0 Å². The predicted molar refractivity (Wildman–Crippen MR) is 184 cm³/mol. The summed E-state index contributed by atoms with van der Waals surface area (Å²) in [6, 6.07) is -0.235. The third-order valence-corrected chi connectivity index (χ3v) is 12.0. The van der Waals surface area contributed by atoms with Crippen molar-refractivity contribution in [1.29, 1.82) is 0 Å². The Labute approximate surface area is 298 Å². The van der Waals surface area contributed by atoms with E-state index in [9.17, 15) is 25.2 Å². The molecule has 17 atom stereocenters. The van der Waals surface area contributed by atoms with Crippen molar-refractivity contribution in [1.82, 2.24) is 4.90 Å². The Kier molecular flexibility index (Phi) is 12.8. The largest absolute Gasteiger partial charge is 0.489 e. The summed E-state index contributed by atoms with van der Waals surface area (Å²) < 4.78 is 44.6. The zero-order valence-corrected chi connectivity index (χ0v) is 32.4. The number of cyclic esters (lactones) is 1. The van der Waals surface area contributed by atoms with Crippen LogP contribution in [0, 0.1) is 17.8 Å². The van der Waals surface area contributed by atoms with Crippen molar-refractivity contribution in [2.75, 3.05) is 21.2 Å². The number of hydrogen-bond acceptors (Lipinski definition) is 13. The van der Waals surface area contributed by atoms with Gasteiger partial charge in [0.05, 0.1) is 35.9 Å². The van der Waals surface area contributed by atoms with Crippen molar-refractivity contribution < 1.29 is 58.4 Å². The lowest BCUT2D eigenvalue weighted by atomic mass is 9.78. The Morgan fingerprint density at radius 1 is 0.960 bits per heavy atom. The molecule has 3 saturated heterocycles. The minimum atomic E-state index is -1.82. The number of nitrogens with zero attached hydrogens (tertiary/aromatic N) is 1. The monoisotopic (exact) mass is 715 g/mol. The average molecular weight is 716 g/mol. The molecule has 0 saturated carbocycles. The van der Waals surface area contributed by atoms with E-state index in [0.29, 0.717) is 18.6 Å². The van der Waals surface area contributed by atoms with Crippen LogP contribution in [0.4, 0.5) is 0 Å². The molecule has 4 aliphatic heterocycles. The van der Waals surface area contributed by atoms with E-state index in [1.807, 2.05) is 46.7 Å². The molecule has 50 heavy (non-hydrogen) atoms. The lowest BCUT2D eigenvalue weighted by Crippen LogP contribution is -2.60. The third-order valence-electron chi connectivity index (χ3n) is 12.0. The highest BCUT2D eigenvalue weighted by atomic mass is 16.7. The lowest BCUT2D eigenvalue weighted by Gasteiger charge is -2.48. The minimum Gasteiger partial charge on any atom is -0.489 e. The summed E-state index contributed by atoms with van der Waals surface area (Å²) in [5, 5.41) is 45.9. The van der Waals surface area contributed by atoms with Gasteiger partial charge in [0.2, 0.25) is 0 Å². The molecule has 13 nitrogen and oxygen atoms in total. The Morgan fingerprint density at radius 3 is 2.18 bits per heavy atom. The smallest absolute Gasteiger partial charge is 0.311 e. The summed E-state index contributed by atoms with van der Waals surface area (Å²) in [5.74, 6) is -2.31. The van der Waals surface area contributed by atoms with Gasteiger partial charge in [0.1, 0.15) is 41.4 Å². The second kappa shape index (κ2) is 15.5. The van der Waals surface area contributed by atoms with Crippen LogP contribution in [-0.4, -0.2) is 137 Å². The maximum atomic E-state index is 14.1. The molecule has 4 heterocycles. The molecule has 13 heteroatoms.